The van der Waals surface area contributed by atoms with Gasteiger partial charge in [-0.25, -0.2) is 9.59 Å². The van der Waals surface area contributed by atoms with E-state index in [0.717, 1.165) is 6.42 Å². The van der Waals surface area contributed by atoms with E-state index < -0.39 is 30.4 Å². The van der Waals surface area contributed by atoms with Crippen molar-refractivity contribution in [3.8, 4) is 11.5 Å². The molecule has 0 fully saturated rings. The predicted octanol–water partition coefficient (Wildman–Crippen LogP) is 4.98. The largest absolute Gasteiger partial charge is 0.513 e. The molecule has 0 aromatic heterocycles. The fourth-order valence-electron chi connectivity index (χ4n) is 3.09. The maximum absolute atomic E-state index is 12.2. The van der Waals surface area contributed by atoms with Crippen LogP contribution in [0.4, 0.5) is 9.59 Å². The van der Waals surface area contributed by atoms with Crippen LogP contribution in [0.5, 0.6) is 11.5 Å². The number of hydrogen-bond acceptors (Lipinski definition) is 10. The van der Waals surface area contributed by atoms with Gasteiger partial charge in [0.2, 0.25) is 0 Å². The number of ether oxygens (including phenoxy) is 5. The smallest absolute Gasteiger partial charge is 0.480 e. The lowest BCUT2D eigenvalue weighted by Crippen LogP contribution is -2.42. The van der Waals surface area contributed by atoms with Crippen molar-refractivity contribution in [2.45, 2.75) is 79.9 Å². The van der Waals surface area contributed by atoms with E-state index in [9.17, 15) is 24.3 Å². The first-order valence-corrected chi connectivity index (χ1v) is 13.3. The first-order valence-electron chi connectivity index (χ1n) is 13.3. The number of esters is 1. The summed E-state index contributed by atoms with van der Waals surface area (Å²) in [6, 6.07) is 3.29. The lowest BCUT2D eigenvalue weighted by molar-refractivity contribution is -0.149. The highest BCUT2D eigenvalue weighted by atomic mass is 16.7. The molecule has 3 atom stereocenters. The van der Waals surface area contributed by atoms with Crippen molar-refractivity contribution in [2.24, 2.45) is 17.8 Å². The van der Waals surface area contributed by atoms with Gasteiger partial charge < -0.3 is 34.1 Å². The molecule has 11 heteroatoms. The summed E-state index contributed by atoms with van der Waals surface area (Å²) >= 11 is 0. The van der Waals surface area contributed by atoms with Crippen LogP contribution in [0.2, 0.25) is 0 Å². The fraction of sp³-hybridized carbons (Fsp3) is 0.643. The number of aliphatic carboxylic acids is 1. The predicted molar refractivity (Wildman–Crippen MR) is 143 cm³/mol. The Morgan fingerprint density at radius 2 is 1.44 bits per heavy atom. The average Bonchev–Trinajstić information content (AvgIpc) is 2.85. The normalized spacial score (nSPS) is 13.4. The minimum atomic E-state index is -1.12. The molecule has 0 amide bonds. The van der Waals surface area contributed by atoms with Gasteiger partial charge >= 0.3 is 24.2 Å². The van der Waals surface area contributed by atoms with E-state index in [0.29, 0.717) is 12.0 Å². The number of carbonyl (C=O) groups is 4. The van der Waals surface area contributed by atoms with Crippen LogP contribution in [-0.2, 0) is 30.2 Å². The van der Waals surface area contributed by atoms with E-state index in [1.54, 1.807) is 13.0 Å². The minimum Gasteiger partial charge on any atom is -0.480 e. The van der Waals surface area contributed by atoms with E-state index in [2.05, 4.69) is 5.32 Å². The highest BCUT2D eigenvalue weighted by molar-refractivity contribution is 5.74. The lowest BCUT2D eigenvalue weighted by Gasteiger charge is -2.20. The van der Waals surface area contributed by atoms with Crippen molar-refractivity contribution < 1.29 is 48.0 Å². The standard InChI is InChI=1S/C28H43NO10/c1-8-19(6)11-25(30)37-20(7)14-29-22(26(31)32)12-21-9-10-23(38-27(33)35-15-17(2)3)24(13-21)39-28(34)36-16-18(4)5/h9-10,13,17-20,22,29H,8,11-12,14-16H2,1-7H3,(H,31,32)/t19?,20?,22-/m0/s1. The molecule has 1 aromatic carbocycles. The van der Waals surface area contributed by atoms with Crippen LogP contribution in [-0.4, -0.2) is 61.3 Å². The molecule has 1 rings (SSSR count). The minimum absolute atomic E-state index is 0.00164. The molecule has 0 aliphatic rings. The average molecular weight is 554 g/mol. The van der Waals surface area contributed by atoms with E-state index in [1.165, 1.54) is 12.1 Å². The Hall–Kier alpha value is -3.34. The van der Waals surface area contributed by atoms with Crippen LogP contribution in [0.25, 0.3) is 0 Å². The topological polar surface area (TPSA) is 147 Å². The highest BCUT2D eigenvalue weighted by Gasteiger charge is 2.23. The number of carboxylic acids is 1. The SMILES string of the molecule is CCC(C)CC(=O)OC(C)CN[C@@H](Cc1ccc(OC(=O)OCC(C)C)c(OC(=O)OCC(C)C)c1)C(=O)O. The van der Waals surface area contributed by atoms with Crippen LogP contribution in [0, 0.1) is 17.8 Å². The van der Waals surface area contributed by atoms with Crippen LogP contribution >= 0.6 is 0 Å². The molecule has 11 nitrogen and oxygen atoms in total. The van der Waals surface area contributed by atoms with Crippen LogP contribution in [0.3, 0.4) is 0 Å². The van der Waals surface area contributed by atoms with E-state index in [4.69, 9.17) is 23.7 Å². The molecule has 39 heavy (non-hydrogen) atoms. The molecule has 2 N–H and O–H groups in total. The van der Waals surface area contributed by atoms with Gasteiger partial charge in [0.05, 0.1) is 13.2 Å². The third kappa shape index (κ3) is 14.4. The van der Waals surface area contributed by atoms with Crippen molar-refractivity contribution in [3.63, 3.8) is 0 Å². The van der Waals surface area contributed by atoms with Gasteiger partial charge in [0.15, 0.2) is 11.5 Å². The monoisotopic (exact) mass is 553 g/mol. The zero-order valence-electron chi connectivity index (χ0n) is 24.0. The molecule has 2 unspecified atom stereocenters. The van der Waals surface area contributed by atoms with Gasteiger partial charge in [-0.3, -0.25) is 9.59 Å². The molecule has 0 saturated carbocycles. The summed E-state index contributed by atoms with van der Waals surface area (Å²) in [6.07, 6.45) is -1.36. The summed E-state index contributed by atoms with van der Waals surface area (Å²) in [5.41, 5.74) is 0.478. The van der Waals surface area contributed by atoms with Crippen LogP contribution in [0.15, 0.2) is 18.2 Å². The first-order chi connectivity index (χ1) is 18.3. The van der Waals surface area contributed by atoms with E-state index in [1.807, 2.05) is 41.5 Å². The molecule has 220 valence electrons. The zero-order chi connectivity index (χ0) is 29.5. The maximum atomic E-state index is 12.2. The number of carbonyl (C=O) groups excluding carboxylic acids is 3. The molecule has 0 heterocycles. The Balaban J connectivity index is 2.96. The van der Waals surface area contributed by atoms with Crippen LogP contribution < -0.4 is 14.8 Å². The molecule has 0 spiro atoms. The molecular formula is C28H43NO10. The van der Waals surface area contributed by atoms with Crippen LogP contribution in [0.1, 0.15) is 66.9 Å². The molecular weight excluding hydrogens is 510 g/mol. The second-order valence-electron chi connectivity index (χ2n) is 10.4. The third-order valence-electron chi connectivity index (χ3n) is 5.40. The Morgan fingerprint density at radius 1 is 0.872 bits per heavy atom. The molecule has 0 radical (unpaired) electrons. The van der Waals surface area contributed by atoms with E-state index >= 15 is 0 Å². The molecule has 1 aromatic rings. The zero-order valence-corrected chi connectivity index (χ0v) is 24.0. The third-order valence-corrected chi connectivity index (χ3v) is 5.40. The van der Waals surface area contributed by atoms with Crippen molar-refractivity contribution >= 4 is 24.2 Å². The Labute approximate surface area is 230 Å². The van der Waals surface area contributed by atoms with Gasteiger partial charge in [-0.05, 0) is 48.8 Å². The summed E-state index contributed by atoms with van der Waals surface area (Å²) < 4.78 is 25.9. The van der Waals surface area contributed by atoms with Crippen molar-refractivity contribution in [3.05, 3.63) is 23.8 Å². The summed E-state index contributed by atoms with van der Waals surface area (Å²) in [5, 5.41) is 12.6. The van der Waals surface area contributed by atoms with Gasteiger partial charge in [-0.15, -0.1) is 0 Å². The number of hydrogen-bond donors (Lipinski definition) is 2. The lowest BCUT2D eigenvalue weighted by atomic mass is 10.0. The van der Waals surface area contributed by atoms with Gasteiger partial charge in [0.25, 0.3) is 0 Å². The van der Waals surface area contributed by atoms with E-state index in [-0.39, 0.29) is 61.4 Å². The Morgan fingerprint density at radius 3 is 1.95 bits per heavy atom. The Bertz CT molecular complexity index is 946. The van der Waals surface area contributed by atoms with Crippen molar-refractivity contribution in [2.75, 3.05) is 19.8 Å². The maximum Gasteiger partial charge on any atom is 0.513 e. The number of benzene rings is 1. The number of rotatable bonds is 16. The molecule has 0 aliphatic carbocycles. The molecule has 0 aliphatic heterocycles. The summed E-state index contributed by atoms with van der Waals surface area (Å²) in [7, 11) is 0. The highest BCUT2D eigenvalue weighted by Crippen LogP contribution is 2.30. The summed E-state index contributed by atoms with van der Waals surface area (Å²) in [5.74, 6) is -1.30. The second kappa shape index (κ2) is 17.3. The van der Waals surface area contributed by atoms with Gasteiger partial charge in [-0.1, -0.05) is 54.0 Å². The second-order valence-corrected chi connectivity index (χ2v) is 10.4. The number of nitrogens with one attached hydrogen (secondary N) is 1. The summed E-state index contributed by atoms with van der Waals surface area (Å²) in [6.45, 7) is 13.5. The van der Waals surface area contributed by atoms with Gasteiger partial charge in [0.1, 0.15) is 12.1 Å². The fourth-order valence-corrected chi connectivity index (χ4v) is 3.09. The van der Waals surface area contributed by atoms with Crippen molar-refractivity contribution in [1.29, 1.82) is 0 Å². The molecule has 0 bridgehead atoms. The van der Waals surface area contributed by atoms with Gasteiger partial charge in [0, 0.05) is 13.0 Å². The quantitative estimate of drug-likeness (QED) is 0.162. The van der Waals surface area contributed by atoms with Gasteiger partial charge in [-0.2, -0.15) is 0 Å². The van der Waals surface area contributed by atoms with Crippen molar-refractivity contribution in [1.82, 2.24) is 5.32 Å². The number of carboxylic acid groups (broad SMARTS) is 1. The summed E-state index contributed by atoms with van der Waals surface area (Å²) in [4.78, 5) is 48.2. The first kappa shape index (κ1) is 33.7. The molecule has 0 saturated heterocycles. The Kier molecular flexibility index (Phi) is 14.9.